The zero-order valence-corrected chi connectivity index (χ0v) is 16.4. The van der Waals surface area contributed by atoms with Crippen LogP contribution in [0.3, 0.4) is 0 Å². The average molecular weight is 391 g/mol. The van der Waals surface area contributed by atoms with Gasteiger partial charge in [0.05, 0.1) is 13.5 Å². The second-order valence-electron chi connectivity index (χ2n) is 6.72. The number of hydrogen-bond acceptors (Lipinski definition) is 5. The molecule has 0 saturated carbocycles. The van der Waals surface area contributed by atoms with E-state index in [0.29, 0.717) is 17.7 Å². The second kappa shape index (κ2) is 8.28. The van der Waals surface area contributed by atoms with E-state index in [2.05, 4.69) is 5.32 Å². The number of benzene rings is 1. The Kier molecular flexibility index (Phi) is 6.27. The lowest BCUT2D eigenvalue weighted by molar-refractivity contribution is -0.140. The van der Waals surface area contributed by atoms with Crippen molar-refractivity contribution in [3.8, 4) is 5.75 Å². The summed E-state index contributed by atoms with van der Waals surface area (Å²) in [7, 11) is 2.98. The fourth-order valence-electron chi connectivity index (χ4n) is 3.20. The Morgan fingerprint density at radius 2 is 2.00 bits per heavy atom. The summed E-state index contributed by atoms with van der Waals surface area (Å²) in [5, 5.41) is 11.4. The molecular formula is C19H25N3O6. The molecule has 0 aromatic heterocycles. The molecule has 1 aliphatic rings. The number of likely N-dealkylation sites (N-methyl/N-ethyl adjacent to an activating group) is 1. The van der Waals surface area contributed by atoms with Crippen LogP contribution in [0.4, 0.5) is 4.79 Å². The number of carbonyl (C=O) groups is 4. The van der Waals surface area contributed by atoms with Gasteiger partial charge in [-0.25, -0.2) is 4.79 Å². The molecule has 1 aromatic carbocycles. The standard InChI is InChI=1S/C19H25N3O6/c1-5-19(13-6-7-14(28-4)12(2)10-13)17(26)22(18(27)20-19)11-15(23)21(3)9-8-16(24)25/h6-7,10H,5,8-9,11H2,1-4H3,(H,20,27)(H,24,25). The first-order chi connectivity index (χ1) is 13.2. The fourth-order valence-corrected chi connectivity index (χ4v) is 3.20. The molecule has 0 bridgehead atoms. The van der Waals surface area contributed by atoms with E-state index in [1.807, 2.05) is 6.92 Å². The predicted octanol–water partition coefficient (Wildman–Crippen LogP) is 1.09. The van der Waals surface area contributed by atoms with Gasteiger partial charge >= 0.3 is 12.0 Å². The second-order valence-corrected chi connectivity index (χ2v) is 6.72. The number of methoxy groups -OCH3 is 1. The number of carbonyl (C=O) groups excluding carboxylic acids is 3. The van der Waals surface area contributed by atoms with Gasteiger partial charge in [-0.15, -0.1) is 0 Å². The van der Waals surface area contributed by atoms with E-state index >= 15 is 0 Å². The summed E-state index contributed by atoms with van der Waals surface area (Å²) in [6.45, 7) is 3.17. The van der Waals surface area contributed by atoms with Gasteiger partial charge in [0.15, 0.2) is 0 Å². The van der Waals surface area contributed by atoms with Crippen molar-refractivity contribution in [3.63, 3.8) is 0 Å². The Morgan fingerprint density at radius 3 is 2.54 bits per heavy atom. The van der Waals surface area contributed by atoms with Gasteiger partial charge in [-0.3, -0.25) is 19.3 Å². The van der Waals surface area contributed by atoms with Gasteiger partial charge in [0.1, 0.15) is 17.8 Å². The molecule has 9 heteroatoms. The van der Waals surface area contributed by atoms with Crippen LogP contribution in [-0.2, 0) is 19.9 Å². The Hall–Kier alpha value is -3.10. The van der Waals surface area contributed by atoms with Crippen molar-refractivity contribution in [3.05, 3.63) is 29.3 Å². The van der Waals surface area contributed by atoms with E-state index in [1.165, 1.54) is 11.9 Å². The highest BCUT2D eigenvalue weighted by molar-refractivity contribution is 6.09. The summed E-state index contributed by atoms with van der Waals surface area (Å²) in [6.07, 6.45) is 0.0926. The van der Waals surface area contributed by atoms with Crippen LogP contribution in [-0.4, -0.2) is 66.0 Å². The summed E-state index contributed by atoms with van der Waals surface area (Å²) in [6, 6.07) is 4.58. The summed E-state index contributed by atoms with van der Waals surface area (Å²) in [5.74, 6) is -1.39. The number of carboxylic acid groups (broad SMARTS) is 1. The number of imide groups is 1. The van der Waals surface area contributed by atoms with Gasteiger partial charge in [0, 0.05) is 13.6 Å². The number of rotatable bonds is 8. The molecule has 0 spiro atoms. The molecule has 0 radical (unpaired) electrons. The first-order valence-electron chi connectivity index (χ1n) is 8.91. The van der Waals surface area contributed by atoms with Gasteiger partial charge < -0.3 is 20.1 Å². The van der Waals surface area contributed by atoms with Crippen LogP contribution >= 0.6 is 0 Å². The van der Waals surface area contributed by atoms with E-state index in [-0.39, 0.29) is 13.0 Å². The molecule has 1 heterocycles. The van der Waals surface area contributed by atoms with E-state index < -0.39 is 35.9 Å². The molecule has 2 rings (SSSR count). The molecule has 9 nitrogen and oxygen atoms in total. The lowest BCUT2D eigenvalue weighted by Crippen LogP contribution is -2.45. The van der Waals surface area contributed by atoms with Crippen molar-refractivity contribution in [2.45, 2.75) is 32.2 Å². The zero-order chi connectivity index (χ0) is 21.1. The highest BCUT2D eigenvalue weighted by atomic mass is 16.5. The first kappa shape index (κ1) is 21.2. The summed E-state index contributed by atoms with van der Waals surface area (Å²) in [5.41, 5.74) is 0.173. The normalized spacial score (nSPS) is 18.8. The summed E-state index contributed by atoms with van der Waals surface area (Å²) >= 11 is 0. The molecule has 28 heavy (non-hydrogen) atoms. The Balaban J connectivity index is 2.24. The zero-order valence-electron chi connectivity index (χ0n) is 16.4. The van der Waals surface area contributed by atoms with Gasteiger partial charge in [0.25, 0.3) is 5.91 Å². The average Bonchev–Trinajstić information content (AvgIpc) is 2.90. The van der Waals surface area contributed by atoms with Crippen molar-refractivity contribution in [1.29, 1.82) is 0 Å². The smallest absolute Gasteiger partial charge is 0.325 e. The molecule has 1 unspecified atom stereocenters. The van der Waals surface area contributed by atoms with Crippen molar-refractivity contribution in [2.24, 2.45) is 0 Å². The molecular weight excluding hydrogens is 366 g/mol. The van der Waals surface area contributed by atoms with E-state index in [9.17, 15) is 19.2 Å². The number of aryl methyl sites for hydroxylation is 1. The van der Waals surface area contributed by atoms with Crippen molar-refractivity contribution < 1.29 is 29.0 Å². The summed E-state index contributed by atoms with van der Waals surface area (Å²) < 4.78 is 5.24. The van der Waals surface area contributed by atoms with E-state index in [0.717, 1.165) is 10.5 Å². The van der Waals surface area contributed by atoms with Crippen LogP contribution in [0, 0.1) is 6.92 Å². The largest absolute Gasteiger partial charge is 0.496 e. The lowest BCUT2D eigenvalue weighted by Gasteiger charge is -2.27. The molecule has 4 amide bonds. The van der Waals surface area contributed by atoms with Crippen LogP contribution in [0.5, 0.6) is 5.75 Å². The monoisotopic (exact) mass is 391 g/mol. The van der Waals surface area contributed by atoms with E-state index in [1.54, 1.807) is 32.2 Å². The predicted molar refractivity (Wildman–Crippen MR) is 99.8 cm³/mol. The molecule has 1 fully saturated rings. The van der Waals surface area contributed by atoms with Crippen LogP contribution < -0.4 is 10.1 Å². The van der Waals surface area contributed by atoms with Crippen molar-refractivity contribution in [1.82, 2.24) is 15.1 Å². The minimum atomic E-state index is -1.26. The topological polar surface area (TPSA) is 116 Å². The first-order valence-corrected chi connectivity index (χ1v) is 8.91. The highest BCUT2D eigenvalue weighted by Crippen LogP contribution is 2.34. The third-order valence-corrected chi connectivity index (χ3v) is 4.97. The molecule has 0 aliphatic carbocycles. The van der Waals surface area contributed by atoms with Crippen molar-refractivity contribution >= 4 is 23.8 Å². The highest BCUT2D eigenvalue weighted by Gasteiger charge is 2.51. The lowest BCUT2D eigenvalue weighted by atomic mass is 9.86. The van der Waals surface area contributed by atoms with Gasteiger partial charge in [-0.05, 0) is 36.6 Å². The number of ether oxygens (including phenoxy) is 1. The summed E-state index contributed by atoms with van der Waals surface area (Å²) in [4.78, 5) is 50.6. The van der Waals surface area contributed by atoms with Crippen LogP contribution in [0.2, 0.25) is 0 Å². The van der Waals surface area contributed by atoms with Gasteiger partial charge in [0.2, 0.25) is 5.91 Å². The number of nitrogens with one attached hydrogen (secondary N) is 1. The Labute approximate surface area is 163 Å². The minimum Gasteiger partial charge on any atom is -0.496 e. The molecule has 1 saturated heterocycles. The number of amides is 4. The number of hydrogen-bond donors (Lipinski definition) is 2. The van der Waals surface area contributed by atoms with Crippen LogP contribution in [0.1, 0.15) is 30.9 Å². The van der Waals surface area contributed by atoms with Crippen LogP contribution in [0.15, 0.2) is 18.2 Å². The maximum absolute atomic E-state index is 13.1. The van der Waals surface area contributed by atoms with E-state index in [4.69, 9.17) is 9.84 Å². The maximum atomic E-state index is 13.1. The third-order valence-electron chi connectivity index (χ3n) is 4.97. The van der Waals surface area contributed by atoms with Crippen molar-refractivity contribution in [2.75, 3.05) is 27.2 Å². The fraction of sp³-hybridized carbons (Fsp3) is 0.474. The maximum Gasteiger partial charge on any atom is 0.325 e. The SMILES string of the molecule is CCC1(c2ccc(OC)c(C)c2)NC(=O)N(CC(=O)N(C)CCC(=O)O)C1=O. The quantitative estimate of drug-likeness (QED) is 0.641. The molecule has 152 valence electrons. The Morgan fingerprint density at radius 1 is 1.32 bits per heavy atom. The molecule has 1 aromatic rings. The number of carboxylic acids is 1. The molecule has 1 atom stereocenters. The third kappa shape index (κ3) is 3.92. The minimum absolute atomic E-state index is 0.00554. The van der Waals surface area contributed by atoms with Crippen LogP contribution in [0.25, 0.3) is 0 Å². The van der Waals surface area contributed by atoms with Gasteiger partial charge in [-0.2, -0.15) is 0 Å². The molecule has 2 N–H and O–H groups in total. The number of aliphatic carboxylic acids is 1. The Bertz CT molecular complexity index is 809. The number of nitrogens with zero attached hydrogens (tertiary/aromatic N) is 2. The number of urea groups is 1. The van der Waals surface area contributed by atoms with Gasteiger partial charge in [-0.1, -0.05) is 13.0 Å². The molecule has 1 aliphatic heterocycles.